The van der Waals surface area contributed by atoms with Gasteiger partial charge >= 0.3 is 5.97 Å². The predicted octanol–water partition coefficient (Wildman–Crippen LogP) is -0.637. The van der Waals surface area contributed by atoms with Crippen LogP contribution in [0.5, 0.6) is 0 Å². The van der Waals surface area contributed by atoms with Crippen LogP contribution in [0.25, 0.3) is 0 Å². The largest absolute Gasteiger partial charge is 0.481 e. The van der Waals surface area contributed by atoms with E-state index in [0.717, 1.165) is 6.26 Å². The van der Waals surface area contributed by atoms with Gasteiger partial charge in [-0.05, 0) is 24.3 Å². The maximum Gasteiger partial charge on any atom is 0.314 e. The quantitative estimate of drug-likeness (QED) is 0.747. The first-order valence-electron chi connectivity index (χ1n) is 7.26. The molecular weight excluding hydrogens is 336 g/mol. The number of carbonyl (C=O) groups is 3. The predicted molar refractivity (Wildman–Crippen MR) is 82.0 cm³/mol. The molecule has 24 heavy (non-hydrogen) atoms. The summed E-state index contributed by atoms with van der Waals surface area (Å²) in [5.74, 6) is -2.65. The van der Waals surface area contributed by atoms with Crippen molar-refractivity contribution in [2.75, 3.05) is 25.9 Å². The average Bonchev–Trinajstić information content (AvgIpc) is 3.05. The van der Waals surface area contributed by atoms with E-state index >= 15 is 0 Å². The molecule has 3 rings (SSSR count). The van der Waals surface area contributed by atoms with E-state index in [-0.39, 0.29) is 36.0 Å². The van der Waals surface area contributed by atoms with Crippen LogP contribution in [0.2, 0.25) is 0 Å². The van der Waals surface area contributed by atoms with E-state index in [1.54, 1.807) is 0 Å². The van der Waals surface area contributed by atoms with Crippen LogP contribution in [-0.2, 0) is 19.4 Å². The molecule has 0 aliphatic carbocycles. The first kappa shape index (κ1) is 16.4. The van der Waals surface area contributed by atoms with Crippen molar-refractivity contribution in [3.05, 3.63) is 29.8 Å². The molecule has 2 atom stereocenters. The highest BCUT2D eigenvalue weighted by Gasteiger charge is 2.60. The zero-order chi connectivity index (χ0) is 17.7. The molecule has 0 radical (unpaired) electrons. The molecule has 2 N–H and O–H groups in total. The monoisotopic (exact) mass is 352 g/mol. The molecule has 0 bridgehead atoms. The summed E-state index contributed by atoms with van der Waals surface area (Å²) in [5.41, 5.74) is -1.04. The lowest BCUT2D eigenvalue weighted by Crippen LogP contribution is -2.41. The van der Waals surface area contributed by atoms with Gasteiger partial charge in [0.1, 0.15) is 5.41 Å². The minimum Gasteiger partial charge on any atom is -0.481 e. The summed E-state index contributed by atoms with van der Waals surface area (Å²) in [4.78, 5) is 37.5. The van der Waals surface area contributed by atoms with Crippen molar-refractivity contribution in [2.45, 2.75) is 4.90 Å². The Kier molecular flexibility index (Phi) is 3.63. The van der Waals surface area contributed by atoms with Gasteiger partial charge in [-0.2, -0.15) is 0 Å². The van der Waals surface area contributed by atoms with E-state index in [9.17, 15) is 27.9 Å². The highest BCUT2D eigenvalue weighted by Crippen LogP contribution is 2.40. The van der Waals surface area contributed by atoms with Crippen molar-refractivity contribution in [3.63, 3.8) is 0 Å². The Morgan fingerprint density at radius 3 is 2.42 bits per heavy atom. The van der Waals surface area contributed by atoms with Gasteiger partial charge in [0.2, 0.25) is 5.91 Å². The van der Waals surface area contributed by atoms with E-state index in [1.807, 2.05) is 0 Å². The number of benzene rings is 1. The second kappa shape index (κ2) is 5.30. The molecule has 2 aliphatic heterocycles. The van der Waals surface area contributed by atoms with Crippen LogP contribution in [0.4, 0.5) is 0 Å². The Morgan fingerprint density at radius 1 is 1.29 bits per heavy atom. The Hall–Kier alpha value is -2.42. The summed E-state index contributed by atoms with van der Waals surface area (Å²) in [6, 6.07) is 5.44. The topological polar surface area (TPSA) is 121 Å². The van der Waals surface area contributed by atoms with Crippen molar-refractivity contribution in [3.8, 4) is 0 Å². The lowest BCUT2D eigenvalue weighted by molar-refractivity contribution is -0.149. The molecule has 1 aromatic rings. The van der Waals surface area contributed by atoms with Crippen LogP contribution < -0.4 is 5.32 Å². The number of aliphatic carboxylic acids is 1. The smallest absolute Gasteiger partial charge is 0.314 e. The normalized spacial score (nSPS) is 26.1. The summed E-state index contributed by atoms with van der Waals surface area (Å²) in [6.45, 7) is -0.0220. The van der Waals surface area contributed by atoms with Gasteiger partial charge in [0.25, 0.3) is 5.91 Å². The Morgan fingerprint density at radius 2 is 1.92 bits per heavy atom. The van der Waals surface area contributed by atoms with Gasteiger partial charge in [-0.15, -0.1) is 0 Å². The fraction of sp³-hybridized carbons (Fsp3) is 0.400. The number of rotatable bonds is 3. The summed E-state index contributed by atoms with van der Waals surface area (Å²) in [5, 5.41) is 12.0. The summed E-state index contributed by atoms with van der Waals surface area (Å²) >= 11 is 0. The zero-order valence-electron chi connectivity index (χ0n) is 12.9. The maximum absolute atomic E-state index is 12.6. The number of fused-ring (bicyclic) bond motifs is 1. The third kappa shape index (κ3) is 2.44. The van der Waals surface area contributed by atoms with Crippen molar-refractivity contribution < 1.29 is 27.9 Å². The van der Waals surface area contributed by atoms with Gasteiger partial charge in [-0.3, -0.25) is 14.4 Å². The third-order valence-corrected chi connectivity index (χ3v) is 5.81. The first-order chi connectivity index (χ1) is 11.1. The number of nitrogens with one attached hydrogen (secondary N) is 1. The zero-order valence-corrected chi connectivity index (χ0v) is 13.7. The van der Waals surface area contributed by atoms with Crippen molar-refractivity contribution >= 4 is 27.6 Å². The van der Waals surface area contributed by atoms with Gasteiger partial charge in [0.05, 0.1) is 10.8 Å². The van der Waals surface area contributed by atoms with Crippen LogP contribution >= 0.6 is 0 Å². The fourth-order valence-corrected chi connectivity index (χ4v) is 3.90. The molecule has 1 aromatic carbocycles. The summed E-state index contributed by atoms with van der Waals surface area (Å²) in [6.07, 6.45) is 1.07. The van der Waals surface area contributed by atoms with E-state index in [0.29, 0.717) is 0 Å². The summed E-state index contributed by atoms with van der Waals surface area (Å²) in [7, 11) is -3.36. The molecule has 8 nitrogen and oxygen atoms in total. The molecular formula is C15H16N2O6S. The Bertz CT molecular complexity index is 832. The molecule has 0 spiro atoms. The van der Waals surface area contributed by atoms with Gasteiger partial charge in [-0.25, -0.2) is 8.42 Å². The molecule has 2 amide bonds. The summed E-state index contributed by atoms with van der Waals surface area (Å²) < 4.78 is 22.9. The minimum atomic E-state index is -3.36. The number of carboxylic acid groups (broad SMARTS) is 1. The van der Waals surface area contributed by atoms with E-state index in [1.165, 1.54) is 29.2 Å². The lowest BCUT2D eigenvalue weighted by Gasteiger charge is -2.22. The maximum atomic E-state index is 12.6. The molecule has 0 saturated carbocycles. The Labute approximate surface area is 138 Å². The van der Waals surface area contributed by atoms with Gasteiger partial charge in [-0.1, -0.05) is 0 Å². The van der Waals surface area contributed by atoms with Crippen molar-refractivity contribution in [2.24, 2.45) is 11.3 Å². The van der Waals surface area contributed by atoms with E-state index in [4.69, 9.17) is 0 Å². The van der Waals surface area contributed by atoms with Crippen LogP contribution in [0.1, 0.15) is 10.4 Å². The van der Waals surface area contributed by atoms with Gasteiger partial charge in [0.15, 0.2) is 9.84 Å². The highest BCUT2D eigenvalue weighted by atomic mass is 32.2. The van der Waals surface area contributed by atoms with Gasteiger partial charge in [0, 0.05) is 31.5 Å². The second-order valence-corrected chi connectivity index (χ2v) is 8.23. The van der Waals surface area contributed by atoms with Gasteiger partial charge < -0.3 is 15.3 Å². The van der Waals surface area contributed by atoms with Crippen molar-refractivity contribution in [1.82, 2.24) is 10.2 Å². The number of carbonyl (C=O) groups excluding carboxylic acids is 2. The first-order valence-corrected chi connectivity index (χ1v) is 9.15. The fourth-order valence-electron chi connectivity index (χ4n) is 3.27. The van der Waals surface area contributed by atoms with Crippen molar-refractivity contribution in [1.29, 1.82) is 0 Å². The second-order valence-electron chi connectivity index (χ2n) is 6.21. The Balaban J connectivity index is 1.85. The minimum absolute atomic E-state index is 0.00261. The lowest BCUT2D eigenvalue weighted by atomic mass is 9.81. The van der Waals surface area contributed by atoms with E-state index < -0.39 is 33.0 Å². The number of carboxylic acids is 1. The number of hydrogen-bond donors (Lipinski definition) is 2. The highest BCUT2D eigenvalue weighted by molar-refractivity contribution is 7.90. The molecule has 9 heteroatoms. The molecule has 2 saturated heterocycles. The molecule has 0 aromatic heterocycles. The molecule has 0 unspecified atom stereocenters. The van der Waals surface area contributed by atoms with E-state index in [2.05, 4.69) is 5.32 Å². The number of hydrogen-bond acceptors (Lipinski definition) is 5. The molecule has 2 heterocycles. The van der Waals surface area contributed by atoms with Crippen LogP contribution in [-0.4, -0.2) is 62.1 Å². The third-order valence-electron chi connectivity index (χ3n) is 4.68. The number of nitrogens with zero attached hydrogens (tertiary/aromatic N) is 1. The molecule has 128 valence electrons. The standard InChI is InChI=1S/C15H16N2O6S/c1-24(22,23)10-4-2-9(3-5-10)13(19)17-6-11-12(18)16-7-15(11,8-17)14(20)21/h2-5,11H,6-8H2,1H3,(H,16,18)(H,20,21)/t11-,15+/m0/s1. The average molecular weight is 352 g/mol. The van der Waals surface area contributed by atoms with Crippen LogP contribution in [0.3, 0.4) is 0 Å². The van der Waals surface area contributed by atoms with Crippen LogP contribution in [0, 0.1) is 11.3 Å². The number of likely N-dealkylation sites (tertiary alicyclic amines) is 1. The SMILES string of the molecule is CS(=O)(=O)c1ccc(C(=O)N2C[C@H]3C(=O)NC[C@@]3(C(=O)O)C2)cc1. The molecule has 2 fully saturated rings. The molecule has 2 aliphatic rings. The number of amides is 2. The number of sulfone groups is 1. The van der Waals surface area contributed by atoms with Crippen LogP contribution in [0.15, 0.2) is 29.2 Å².